The second-order valence-corrected chi connectivity index (χ2v) is 7.58. The van der Waals surface area contributed by atoms with Crippen molar-refractivity contribution in [1.29, 1.82) is 0 Å². The van der Waals surface area contributed by atoms with Crippen LogP contribution in [0.4, 0.5) is 5.69 Å². The second-order valence-electron chi connectivity index (χ2n) is 4.84. The first kappa shape index (κ1) is 15.2. The highest BCUT2D eigenvalue weighted by atomic mass is 35.5. The van der Waals surface area contributed by atoms with Crippen LogP contribution in [0.2, 0.25) is 5.02 Å². The van der Waals surface area contributed by atoms with Crippen LogP contribution in [0.3, 0.4) is 0 Å². The van der Waals surface area contributed by atoms with E-state index in [2.05, 4.69) is 5.32 Å². The van der Waals surface area contributed by atoms with Crippen molar-refractivity contribution in [1.82, 2.24) is 5.32 Å². The van der Waals surface area contributed by atoms with Gasteiger partial charge in [-0.2, -0.15) is 0 Å². The standard InChI is InChI=1S/C12H15ClN2O4S/c13-10-1-2-12(15(16)17)9(7-10)8-14-11-3-5-20(18,19)6-4-11/h1-2,7,11,14H,3-6,8H2. The predicted molar refractivity (Wildman–Crippen MR) is 76.6 cm³/mol. The molecule has 1 aliphatic heterocycles. The quantitative estimate of drug-likeness (QED) is 0.676. The fraction of sp³-hybridized carbons (Fsp3) is 0.500. The molecular formula is C12H15ClN2O4S. The average molecular weight is 319 g/mol. The van der Waals surface area contributed by atoms with Gasteiger partial charge in [0.25, 0.3) is 5.69 Å². The van der Waals surface area contributed by atoms with Crippen molar-refractivity contribution in [3.63, 3.8) is 0 Å². The molecular weight excluding hydrogens is 304 g/mol. The third kappa shape index (κ3) is 3.91. The van der Waals surface area contributed by atoms with Gasteiger partial charge in [-0.25, -0.2) is 8.42 Å². The van der Waals surface area contributed by atoms with Crippen LogP contribution in [-0.2, 0) is 16.4 Å². The summed E-state index contributed by atoms with van der Waals surface area (Å²) in [7, 11) is -2.90. The minimum atomic E-state index is -2.90. The van der Waals surface area contributed by atoms with Crippen LogP contribution in [0.25, 0.3) is 0 Å². The fourth-order valence-corrected chi connectivity index (χ4v) is 3.91. The molecule has 0 atom stereocenters. The number of hydrogen-bond donors (Lipinski definition) is 1. The summed E-state index contributed by atoms with van der Waals surface area (Å²) in [4.78, 5) is 10.5. The van der Waals surface area contributed by atoms with Crippen molar-refractivity contribution in [2.24, 2.45) is 0 Å². The molecule has 1 aromatic rings. The van der Waals surface area contributed by atoms with Gasteiger partial charge in [0.1, 0.15) is 9.84 Å². The monoisotopic (exact) mass is 318 g/mol. The molecule has 1 heterocycles. The molecule has 1 saturated heterocycles. The maximum Gasteiger partial charge on any atom is 0.273 e. The molecule has 0 spiro atoms. The summed E-state index contributed by atoms with van der Waals surface area (Å²) < 4.78 is 22.6. The molecule has 1 N–H and O–H groups in total. The SMILES string of the molecule is O=[N+]([O-])c1ccc(Cl)cc1CNC1CCS(=O)(=O)CC1. The maximum absolute atomic E-state index is 11.3. The summed E-state index contributed by atoms with van der Waals surface area (Å²) in [6.07, 6.45) is 1.08. The van der Waals surface area contributed by atoms with E-state index in [0.717, 1.165) is 0 Å². The highest BCUT2D eigenvalue weighted by molar-refractivity contribution is 7.91. The molecule has 6 nitrogen and oxygen atoms in total. The first-order chi connectivity index (χ1) is 9.37. The van der Waals surface area contributed by atoms with Crippen LogP contribution >= 0.6 is 11.6 Å². The molecule has 20 heavy (non-hydrogen) atoms. The van der Waals surface area contributed by atoms with Crippen LogP contribution in [-0.4, -0.2) is 30.9 Å². The minimum Gasteiger partial charge on any atom is -0.310 e. The molecule has 8 heteroatoms. The molecule has 0 bridgehead atoms. The van der Waals surface area contributed by atoms with Crippen LogP contribution in [0.5, 0.6) is 0 Å². The molecule has 2 rings (SSSR count). The highest BCUT2D eigenvalue weighted by Crippen LogP contribution is 2.23. The zero-order valence-corrected chi connectivity index (χ0v) is 12.3. The Morgan fingerprint density at radius 1 is 1.35 bits per heavy atom. The fourth-order valence-electron chi connectivity index (χ4n) is 2.22. The Hall–Kier alpha value is -1.18. The van der Waals surface area contributed by atoms with Crippen molar-refractivity contribution in [3.8, 4) is 0 Å². The second kappa shape index (κ2) is 6.07. The Labute approximate surface area is 122 Å². The Morgan fingerprint density at radius 2 is 2.00 bits per heavy atom. The normalized spacial score (nSPS) is 18.9. The Balaban J connectivity index is 2.01. The van der Waals surface area contributed by atoms with Crippen molar-refractivity contribution in [2.75, 3.05) is 11.5 Å². The van der Waals surface area contributed by atoms with Gasteiger partial charge in [0.05, 0.1) is 16.4 Å². The maximum atomic E-state index is 11.3. The van der Waals surface area contributed by atoms with E-state index in [-0.39, 0.29) is 23.2 Å². The van der Waals surface area contributed by atoms with Crippen LogP contribution < -0.4 is 5.32 Å². The van der Waals surface area contributed by atoms with Gasteiger partial charge in [0.15, 0.2) is 0 Å². The van der Waals surface area contributed by atoms with Crippen LogP contribution in [0.1, 0.15) is 18.4 Å². The zero-order chi connectivity index (χ0) is 14.8. The zero-order valence-electron chi connectivity index (χ0n) is 10.7. The molecule has 0 saturated carbocycles. The minimum absolute atomic E-state index is 0.0188. The molecule has 0 aliphatic carbocycles. The lowest BCUT2D eigenvalue weighted by Gasteiger charge is -2.23. The van der Waals surface area contributed by atoms with Crippen molar-refractivity contribution in [2.45, 2.75) is 25.4 Å². The van der Waals surface area contributed by atoms with Crippen molar-refractivity contribution < 1.29 is 13.3 Å². The van der Waals surface area contributed by atoms with E-state index in [9.17, 15) is 18.5 Å². The average Bonchev–Trinajstić information content (AvgIpc) is 2.37. The van der Waals surface area contributed by atoms with Crippen LogP contribution in [0, 0.1) is 10.1 Å². The number of halogens is 1. The van der Waals surface area contributed by atoms with Gasteiger partial charge < -0.3 is 5.32 Å². The molecule has 0 radical (unpaired) electrons. The lowest BCUT2D eigenvalue weighted by molar-refractivity contribution is -0.385. The third-order valence-corrected chi connectivity index (χ3v) is 5.32. The lowest BCUT2D eigenvalue weighted by Crippen LogP contribution is -2.37. The molecule has 0 unspecified atom stereocenters. The van der Waals surface area contributed by atoms with E-state index in [1.54, 1.807) is 6.07 Å². The molecule has 0 amide bonds. The van der Waals surface area contributed by atoms with Gasteiger partial charge in [-0.15, -0.1) is 0 Å². The number of hydrogen-bond acceptors (Lipinski definition) is 5. The number of rotatable bonds is 4. The van der Waals surface area contributed by atoms with Gasteiger partial charge in [-0.1, -0.05) is 11.6 Å². The number of nitrogens with zero attached hydrogens (tertiary/aromatic N) is 1. The predicted octanol–water partition coefficient (Wildman–Crippen LogP) is 1.91. The number of benzene rings is 1. The van der Waals surface area contributed by atoms with Gasteiger partial charge >= 0.3 is 0 Å². The molecule has 110 valence electrons. The van der Waals surface area contributed by atoms with Crippen LogP contribution in [0.15, 0.2) is 18.2 Å². The first-order valence-electron chi connectivity index (χ1n) is 6.24. The smallest absolute Gasteiger partial charge is 0.273 e. The van der Waals surface area contributed by atoms with Gasteiger partial charge in [0.2, 0.25) is 0 Å². The molecule has 1 aliphatic rings. The van der Waals surface area contributed by atoms with E-state index in [1.807, 2.05) is 0 Å². The van der Waals surface area contributed by atoms with Crippen molar-refractivity contribution >= 4 is 27.1 Å². The molecule has 1 fully saturated rings. The summed E-state index contributed by atoms with van der Waals surface area (Å²) >= 11 is 5.85. The van der Waals surface area contributed by atoms with E-state index >= 15 is 0 Å². The lowest BCUT2D eigenvalue weighted by atomic mass is 10.1. The largest absolute Gasteiger partial charge is 0.310 e. The Kier molecular flexibility index (Phi) is 4.62. The van der Waals surface area contributed by atoms with Gasteiger partial charge in [-0.05, 0) is 25.0 Å². The van der Waals surface area contributed by atoms with E-state index < -0.39 is 14.8 Å². The summed E-state index contributed by atoms with van der Waals surface area (Å²) in [5.74, 6) is 0.338. The number of nitrogens with one attached hydrogen (secondary N) is 1. The number of nitro benzene ring substituents is 1. The molecule has 1 aromatic carbocycles. The van der Waals surface area contributed by atoms with Gasteiger partial charge in [0, 0.05) is 29.2 Å². The topological polar surface area (TPSA) is 89.3 Å². The van der Waals surface area contributed by atoms with E-state index in [1.165, 1.54) is 12.1 Å². The number of nitro groups is 1. The van der Waals surface area contributed by atoms with Gasteiger partial charge in [-0.3, -0.25) is 10.1 Å². The summed E-state index contributed by atoms with van der Waals surface area (Å²) in [6.45, 7) is 0.307. The Bertz CT molecular complexity index is 604. The third-order valence-electron chi connectivity index (χ3n) is 3.37. The highest BCUT2D eigenvalue weighted by Gasteiger charge is 2.24. The molecule has 0 aromatic heterocycles. The first-order valence-corrected chi connectivity index (χ1v) is 8.44. The summed E-state index contributed by atoms with van der Waals surface area (Å²) in [5, 5.41) is 14.5. The Morgan fingerprint density at radius 3 is 2.60 bits per heavy atom. The summed E-state index contributed by atoms with van der Waals surface area (Å²) in [5.41, 5.74) is 0.529. The van der Waals surface area contributed by atoms with E-state index in [0.29, 0.717) is 30.0 Å². The van der Waals surface area contributed by atoms with E-state index in [4.69, 9.17) is 11.6 Å². The summed E-state index contributed by atoms with van der Waals surface area (Å²) in [6, 6.07) is 4.49. The number of sulfone groups is 1. The van der Waals surface area contributed by atoms with Crippen molar-refractivity contribution in [3.05, 3.63) is 38.9 Å².